The van der Waals surface area contributed by atoms with E-state index in [1.54, 1.807) is 0 Å². The van der Waals surface area contributed by atoms with Crippen LogP contribution in [0, 0.1) is 0 Å². The lowest BCUT2D eigenvalue weighted by Gasteiger charge is -2.35. The van der Waals surface area contributed by atoms with E-state index in [1.807, 2.05) is 21.9 Å². The fourth-order valence-corrected chi connectivity index (χ4v) is 4.28. The van der Waals surface area contributed by atoms with Crippen LogP contribution in [0.25, 0.3) is 0 Å². The molecule has 126 valence electrons. The van der Waals surface area contributed by atoms with E-state index in [9.17, 15) is 9.59 Å². The van der Waals surface area contributed by atoms with E-state index in [0.29, 0.717) is 43.0 Å². The van der Waals surface area contributed by atoms with Gasteiger partial charge >= 0.3 is 6.03 Å². The van der Waals surface area contributed by atoms with Gasteiger partial charge in [-0.05, 0) is 25.0 Å². The lowest BCUT2D eigenvalue weighted by Crippen LogP contribution is -2.54. The first-order chi connectivity index (χ1) is 11.1. The first kappa shape index (κ1) is 16.6. The average molecular weight is 356 g/mol. The van der Waals surface area contributed by atoms with Crippen molar-refractivity contribution in [1.29, 1.82) is 0 Å². The summed E-state index contributed by atoms with van der Waals surface area (Å²) in [6.07, 6.45) is 4.99. The SMILES string of the molecule is O=C(Cc1ccc(Cl)s1)N1CCN(C(=O)NC2CCCC2)CC1. The Kier molecular flexibility index (Phi) is 5.43. The van der Waals surface area contributed by atoms with Gasteiger partial charge in [0.15, 0.2) is 0 Å². The van der Waals surface area contributed by atoms with Crippen LogP contribution >= 0.6 is 22.9 Å². The Labute approximate surface area is 145 Å². The molecule has 2 fully saturated rings. The predicted molar refractivity (Wildman–Crippen MR) is 92.0 cm³/mol. The minimum atomic E-state index is 0.0223. The van der Waals surface area contributed by atoms with Crippen molar-refractivity contribution in [3.8, 4) is 0 Å². The smallest absolute Gasteiger partial charge is 0.317 e. The molecule has 2 aliphatic rings. The molecular formula is C16H22ClN3O2S. The van der Waals surface area contributed by atoms with Gasteiger partial charge in [0.2, 0.25) is 5.91 Å². The molecule has 0 spiro atoms. The molecule has 1 aliphatic heterocycles. The van der Waals surface area contributed by atoms with E-state index in [0.717, 1.165) is 17.7 Å². The van der Waals surface area contributed by atoms with Crippen LogP contribution in [-0.2, 0) is 11.2 Å². The van der Waals surface area contributed by atoms with Gasteiger partial charge in [-0.25, -0.2) is 4.79 Å². The quantitative estimate of drug-likeness (QED) is 0.906. The van der Waals surface area contributed by atoms with Crippen molar-refractivity contribution in [3.63, 3.8) is 0 Å². The van der Waals surface area contributed by atoms with E-state index < -0.39 is 0 Å². The van der Waals surface area contributed by atoms with Crippen molar-refractivity contribution < 1.29 is 9.59 Å². The zero-order chi connectivity index (χ0) is 16.2. The van der Waals surface area contributed by atoms with Crippen LogP contribution in [0.2, 0.25) is 4.34 Å². The molecule has 1 aromatic heterocycles. The molecule has 1 aromatic rings. The number of hydrogen-bond donors (Lipinski definition) is 1. The Bertz CT molecular complexity index is 563. The number of amides is 3. The highest BCUT2D eigenvalue weighted by molar-refractivity contribution is 7.16. The normalized spacial score (nSPS) is 19.2. The fraction of sp³-hybridized carbons (Fsp3) is 0.625. The standard InChI is InChI=1S/C16H22ClN3O2S/c17-14-6-5-13(23-14)11-15(21)19-7-9-20(10-8-19)16(22)18-12-3-1-2-4-12/h5-6,12H,1-4,7-11H2,(H,18,22). The van der Waals surface area contributed by atoms with Crippen LogP contribution in [0.4, 0.5) is 4.79 Å². The van der Waals surface area contributed by atoms with Gasteiger partial charge in [-0.2, -0.15) is 0 Å². The third kappa shape index (κ3) is 4.38. The number of hydrogen-bond acceptors (Lipinski definition) is 3. The predicted octanol–water partition coefficient (Wildman–Crippen LogP) is 2.74. The first-order valence-corrected chi connectivity index (χ1v) is 9.39. The molecule has 5 nitrogen and oxygen atoms in total. The second-order valence-electron chi connectivity index (χ2n) is 6.18. The molecule has 0 bridgehead atoms. The molecule has 0 radical (unpaired) electrons. The van der Waals surface area contributed by atoms with Crippen molar-refractivity contribution in [2.24, 2.45) is 0 Å². The van der Waals surface area contributed by atoms with Gasteiger partial charge in [0, 0.05) is 37.1 Å². The number of nitrogens with zero attached hydrogens (tertiary/aromatic N) is 2. The Morgan fingerprint density at radius 1 is 1.13 bits per heavy atom. The molecular weight excluding hydrogens is 334 g/mol. The minimum absolute atomic E-state index is 0.0223. The molecule has 2 heterocycles. The Morgan fingerprint density at radius 2 is 1.78 bits per heavy atom. The van der Waals surface area contributed by atoms with Crippen molar-refractivity contribution in [2.45, 2.75) is 38.1 Å². The van der Waals surface area contributed by atoms with Gasteiger partial charge in [0.1, 0.15) is 0 Å². The average Bonchev–Trinajstić information content (AvgIpc) is 3.19. The van der Waals surface area contributed by atoms with E-state index in [1.165, 1.54) is 24.2 Å². The second-order valence-corrected chi connectivity index (χ2v) is 7.98. The molecule has 23 heavy (non-hydrogen) atoms. The Hall–Kier alpha value is -1.27. The van der Waals surface area contributed by atoms with E-state index in [4.69, 9.17) is 11.6 Å². The van der Waals surface area contributed by atoms with E-state index in [2.05, 4.69) is 5.32 Å². The summed E-state index contributed by atoms with van der Waals surface area (Å²) in [5, 5.41) is 3.11. The van der Waals surface area contributed by atoms with Gasteiger partial charge in [-0.3, -0.25) is 4.79 Å². The van der Waals surface area contributed by atoms with Crippen LogP contribution in [0.1, 0.15) is 30.6 Å². The number of rotatable bonds is 3. The topological polar surface area (TPSA) is 52.7 Å². The maximum absolute atomic E-state index is 12.3. The maximum atomic E-state index is 12.3. The number of carbonyl (C=O) groups is 2. The summed E-state index contributed by atoms with van der Waals surface area (Å²) in [6.45, 7) is 2.43. The molecule has 1 aliphatic carbocycles. The van der Waals surface area contributed by atoms with Gasteiger partial charge in [-0.15, -0.1) is 11.3 Å². The highest BCUT2D eigenvalue weighted by Gasteiger charge is 2.26. The molecule has 7 heteroatoms. The number of thiophene rings is 1. The molecule has 3 amide bonds. The highest BCUT2D eigenvalue weighted by Crippen LogP contribution is 2.22. The minimum Gasteiger partial charge on any atom is -0.339 e. The molecule has 1 saturated carbocycles. The van der Waals surface area contributed by atoms with Crippen LogP contribution in [0.3, 0.4) is 0 Å². The molecule has 0 unspecified atom stereocenters. The molecule has 0 atom stereocenters. The largest absolute Gasteiger partial charge is 0.339 e. The molecule has 1 saturated heterocycles. The number of carbonyl (C=O) groups excluding carboxylic acids is 2. The van der Waals surface area contributed by atoms with Gasteiger partial charge in [0.05, 0.1) is 10.8 Å². The van der Waals surface area contributed by atoms with Crippen LogP contribution in [0.15, 0.2) is 12.1 Å². The fourth-order valence-electron chi connectivity index (χ4n) is 3.20. The number of nitrogens with one attached hydrogen (secondary N) is 1. The third-order valence-corrected chi connectivity index (χ3v) is 5.79. The second kappa shape index (κ2) is 7.53. The van der Waals surface area contributed by atoms with E-state index in [-0.39, 0.29) is 11.9 Å². The lowest BCUT2D eigenvalue weighted by atomic mass is 10.2. The molecule has 1 N–H and O–H groups in total. The third-order valence-electron chi connectivity index (χ3n) is 4.56. The van der Waals surface area contributed by atoms with Gasteiger partial charge in [-0.1, -0.05) is 24.4 Å². The summed E-state index contributed by atoms with van der Waals surface area (Å²) in [4.78, 5) is 29.2. The summed E-state index contributed by atoms with van der Waals surface area (Å²) < 4.78 is 0.709. The highest BCUT2D eigenvalue weighted by atomic mass is 35.5. The Balaban J connectivity index is 1.44. The molecule has 0 aromatic carbocycles. The van der Waals surface area contributed by atoms with Crippen molar-refractivity contribution in [3.05, 3.63) is 21.3 Å². The maximum Gasteiger partial charge on any atom is 0.317 e. The van der Waals surface area contributed by atoms with Crippen molar-refractivity contribution >= 4 is 34.9 Å². The first-order valence-electron chi connectivity index (χ1n) is 8.19. The summed E-state index contributed by atoms with van der Waals surface area (Å²) in [6, 6.07) is 4.08. The summed E-state index contributed by atoms with van der Waals surface area (Å²) in [5.41, 5.74) is 0. The van der Waals surface area contributed by atoms with E-state index >= 15 is 0 Å². The van der Waals surface area contributed by atoms with Crippen molar-refractivity contribution in [1.82, 2.24) is 15.1 Å². The monoisotopic (exact) mass is 355 g/mol. The zero-order valence-electron chi connectivity index (χ0n) is 13.1. The zero-order valence-corrected chi connectivity index (χ0v) is 14.7. The van der Waals surface area contributed by atoms with Gasteiger partial charge < -0.3 is 15.1 Å². The van der Waals surface area contributed by atoms with Crippen LogP contribution in [0.5, 0.6) is 0 Å². The molecule has 3 rings (SSSR count). The summed E-state index contributed by atoms with van der Waals surface area (Å²) >= 11 is 7.34. The summed E-state index contributed by atoms with van der Waals surface area (Å²) in [5.74, 6) is 0.111. The van der Waals surface area contributed by atoms with Crippen molar-refractivity contribution in [2.75, 3.05) is 26.2 Å². The Morgan fingerprint density at radius 3 is 2.39 bits per heavy atom. The lowest BCUT2D eigenvalue weighted by molar-refractivity contribution is -0.131. The number of urea groups is 1. The van der Waals surface area contributed by atoms with Gasteiger partial charge in [0.25, 0.3) is 0 Å². The number of piperazine rings is 1. The van der Waals surface area contributed by atoms with Crippen LogP contribution in [-0.4, -0.2) is 54.0 Å². The van der Waals surface area contributed by atoms with Crippen LogP contribution < -0.4 is 5.32 Å². The summed E-state index contributed by atoms with van der Waals surface area (Å²) in [7, 11) is 0. The number of halogens is 1.